The normalized spacial score (nSPS) is 12.0. The number of aryl methyl sites for hydroxylation is 1. The molecule has 0 aliphatic heterocycles. The zero-order chi connectivity index (χ0) is 31.7. The number of anilines is 1. The van der Waals surface area contributed by atoms with E-state index in [2.05, 4.69) is 21.2 Å². The van der Waals surface area contributed by atoms with Crippen LogP contribution in [-0.2, 0) is 32.6 Å². The number of nitrogens with zero attached hydrogens (tertiary/aromatic N) is 2. The summed E-state index contributed by atoms with van der Waals surface area (Å²) in [7, 11) is -4.13. The Morgan fingerprint density at radius 2 is 1.39 bits per heavy atom. The molecule has 0 saturated carbocycles. The predicted molar refractivity (Wildman–Crippen MR) is 179 cm³/mol. The average Bonchev–Trinajstić information content (AvgIpc) is 3.02. The molecule has 4 aromatic rings. The molecular formula is C35H38BrN3O4S. The molecule has 4 aromatic carbocycles. The summed E-state index contributed by atoms with van der Waals surface area (Å²) < 4.78 is 30.1. The standard InChI is InChI=1S/C35H38BrN3O4S/c1-26(2)23-37-35(41)33(22-28-10-6-4-7-11-28)38(24-29-16-18-30(36)19-17-29)34(40)25-39(31-12-8-5-9-13-31)44(42,43)32-20-14-27(3)15-21-32/h4-21,26,33H,22-25H2,1-3H3,(H,37,41)/t33-/m1/s1. The smallest absolute Gasteiger partial charge is 0.264 e. The lowest BCUT2D eigenvalue weighted by atomic mass is 10.0. The summed E-state index contributed by atoms with van der Waals surface area (Å²) in [5, 5.41) is 3.01. The molecule has 9 heteroatoms. The van der Waals surface area contributed by atoms with E-state index in [4.69, 9.17) is 0 Å². The molecule has 0 radical (unpaired) electrons. The molecule has 0 aliphatic carbocycles. The zero-order valence-corrected chi connectivity index (χ0v) is 27.6. The molecule has 0 heterocycles. The Labute approximate surface area is 269 Å². The van der Waals surface area contributed by atoms with E-state index in [1.807, 2.05) is 75.4 Å². The minimum absolute atomic E-state index is 0.0784. The summed E-state index contributed by atoms with van der Waals surface area (Å²) in [6.07, 6.45) is 0.267. The van der Waals surface area contributed by atoms with E-state index in [0.29, 0.717) is 12.2 Å². The van der Waals surface area contributed by atoms with Crippen LogP contribution in [0.1, 0.15) is 30.5 Å². The summed E-state index contributed by atoms with van der Waals surface area (Å²) in [6, 6.07) is 31.3. The monoisotopic (exact) mass is 675 g/mol. The summed E-state index contributed by atoms with van der Waals surface area (Å²) in [5.41, 5.74) is 2.97. The van der Waals surface area contributed by atoms with Crippen LogP contribution in [0.25, 0.3) is 0 Å². The van der Waals surface area contributed by atoms with Crippen LogP contribution in [0.2, 0.25) is 0 Å². The number of nitrogens with one attached hydrogen (secondary N) is 1. The molecule has 0 saturated heterocycles. The summed E-state index contributed by atoms with van der Waals surface area (Å²) in [6.45, 7) is 5.97. The number of hydrogen-bond acceptors (Lipinski definition) is 4. The maximum atomic E-state index is 14.4. The van der Waals surface area contributed by atoms with Crippen LogP contribution in [0.4, 0.5) is 5.69 Å². The number of hydrogen-bond donors (Lipinski definition) is 1. The molecule has 0 aromatic heterocycles. The lowest BCUT2D eigenvalue weighted by Gasteiger charge is -2.34. The molecule has 4 rings (SSSR count). The van der Waals surface area contributed by atoms with Gasteiger partial charge in [-0.3, -0.25) is 13.9 Å². The van der Waals surface area contributed by atoms with Gasteiger partial charge in [0.15, 0.2) is 0 Å². The first-order valence-electron chi connectivity index (χ1n) is 14.5. The molecule has 230 valence electrons. The first-order valence-corrected chi connectivity index (χ1v) is 16.8. The van der Waals surface area contributed by atoms with E-state index in [9.17, 15) is 18.0 Å². The summed E-state index contributed by atoms with van der Waals surface area (Å²) in [5.74, 6) is -0.575. The molecular weight excluding hydrogens is 638 g/mol. The third kappa shape index (κ3) is 8.80. The van der Waals surface area contributed by atoms with E-state index in [0.717, 1.165) is 25.5 Å². The first kappa shape index (κ1) is 33.0. The highest BCUT2D eigenvalue weighted by molar-refractivity contribution is 9.10. The average molecular weight is 677 g/mol. The van der Waals surface area contributed by atoms with Crippen molar-refractivity contribution in [1.82, 2.24) is 10.2 Å². The topological polar surface area (TPSA) is 86.8 Å². The highest BCUT2D eigenvalue weighted by atomic mass is 79.9. The van der Waals surface area contributed by atoms with Crippen LogP contribution in [0.3, 0.4) is 0 Å². The van der Waals surface area contributed by atoms with Gasteiger partial charge in [-0.2, -0.15) is 0 Å². The fourth-order valence-corrected chi connectivity index (χ4v) is 6.40. The molecule has 0 bridgehead atoms. The molecule has 1 atom stereocenters. The second kappa shape index (κ2) is 15.2. The Kier molecular flexibility index (Phi) is 11.4. The maximum Gasteiger partial charge on any atom is 0.264 e. The molecule has 0 fully saturated rings. The van der Waals surface area contributed by atoms with Gasteiger partial charge in [-0.25, -0.2) is 8.42 Å². The number of sulfonamides is 1. The lowest BCUT2D eigenvalue weighted by molar-refractivity contribution is -0.140. The van der Waals surface area contributed by atoms with Crippen molar-refractivity contribution in [2.75, 3.05) is 17.4 Å². The Morgan fingerprint density at radius 3 is 1.98 bits per heavy atom. The largest absolute Gasteiger partial charge is 0.354 e. The van der Waals surface area contributed by atoms with Crippen molar-refractivity contribution in [3.63, 3.8) is 0 Å². The van der Waals surface area contributed by atoms with Crippen molar-refractivity contribution in [2.45, 2.75) is 44.7 Å². The predicted octanol–water partition coefficient (Wildman–Crippen LogP) is 6.37. The first-order chi connectivity index (χ1) is 21.0. The van der Waals surface area contributed by atoms with Crippen molar-refractivity contribution in [2.24, 2.45) is 5.92 Å². The van der Waals surface area contributed by atoms with Gasteiger partial charge in [-0.15, -0.1) is 0 Å². The van der Waals surface area contributed by atoms with Gasteiger partial charge in [0.05, 0.1) is 10.6 Å². The molecule has 0 unspecified atom stereocenters. The third-order valence-corrected chi connectivity index (χ3v) is 9.47. The highest BCUT2D eigenvalue weighted by Crippen LogP contribution is 2.25. The van der Waals surface area contributed by atoms with Crippen LogP contribution >= 0.6 is 15.9 Å². The van der Waals surface area contributed by atoms with Gasteiger partial charge >= 0.3 is 0 Å². The van der Waals surface area contributed by atoms with Crippen molar-refractivity contribution >= 4 is 43.5 Å². The molecule has 44 heavy (non-hydrogen) atoms. The quantitative estimate of drug-likeness (QED) is 0.179. The summed E-state index contributed by atoms with van der Waals surface area (Å²) >= 11 is 3.46. The Balaban J connectivity index is 1.77. The fraction of sp³-hybridized carbons (Fsp3) is 0.257. The Bertz CT molecular complexity index is 1630. The second-order valence-corrected chi connectivity index (χ2v) is 13.9. The van der Waals surface area contributed by atoms with Gasteiger partial charge in [0.1, 0.15) is 12.6 Å². The molecule has 0 aliphatic rings. The molecule has 1 N–H and O–H groups in total. The van der Waals surface area contributed by atoms with E-state index < -0.39 is 28.5 Å². The SMILES string of the molecule is Cc1ccc(S(=O)(=O)N(CC(=O)N(Cc2ccc(Br)cc2)[C@H](Cc2ccccc2)C(=O)NCC(C)C)c2ccccc2)cc1. The third-order valence-electron chi connectivity index (χ3n) is 7.15. The van der Waals surface area contributed by atoms with Crippen LogP contribution in [0.15, 0.2) is 119 Å². The van der Waals surface area contributed by atoms with Crippen LogP contribution in [0, 0.1) is 12.8 Å². The van der Waals surface area contributed by atoms with Crippen molar-refractivity contribution < 1.29 is 18.0 Å². The minimum Gasteiger partial charge on any atom is -0.354 e. The molecule has 0 spiro atoms. The number of halogens is 1. The number of amides is 2. The fourth-order valence-electron chi connectivity index (χ4n) is 4.72. The van der Waals surface area contributed by atoms with Gasteiger partial charge in [-0.05, 0) is 60.4 Å². The van der Waals surface area contributed by atoms with Crippen molar-refractivity contribution in [3.05, 3.63) is 130 Å². The summed E-state index contributed by atoms with van der Waals surface area (Å²) in [4.78, 5) is 29.8. The van der Waals surface area contributed by atoms with Crippen LogP contribution < -0.4 is 9.62 Å². The van der Waals surface area contributed by atoms with E-state index >= 15 is 0 Å². The Hall–Kier alpha value is -3.95. The number of para-hydroxylation sites is 1. The molecule has 7 nitrogen and oxygen atoms in total. The molecule has 2 amide bonds. The minimum atomic E-state index is -4.13. The zero-order valence-electron chi connectivity index (χ0n) is 25.2. The van der Waals surface area contributed by atoms with E-state index in [-0.39, 0.29) is 29.7 Å². The van der Waals surface area contributed by atoms with Gasteiger partial charge in [0, 0.05) is 24.0 Å². The number of carbonyl (C=O) groups is 2. The van der Waals surface area contributed by atoms with E-state index in [1.165, 1.54) is 4.90 Å². The Morgan fingerprint density at radius 1 is 0.795 bits per heavy atom. The van der Waals surface area contributed by atoms with Gasteiger partial charge in [0.2, 0.25) is 11.8 Å². The van der Waals surface area contributed by atoms with Crippen molar-refractivity contribution in [3.8, 4) is 0 Å². The maximum absolute atomic E-state index is 14.4. The lowest BCUT2D eigenvalue weighted by Crippen LogP contribution is -2.53. The van der Waals surface area contributed by atoms with Gasteiger partial charge in [0.25, 0.3) is 10.0 Å². The number of rotatable bonds is 13. The van der Waals surface area contributed by atoms with Crippen LogP contribution in [0.5, 0.6) is 0 Å². The van der Waals surface area contributed by atoms with Crippen LogP contribution in [-0.4, -0.2) is 44.3 Å². The van der Waals surface area contributed by atoms with Crippen molar-refractivity contribution in [1.29, 1.82) is 0 Å². The highest BCUT2D eigenvalue weighted by Gasteiger charge is 2.34. The van der Waals surface area contributed by atoms with Gasteiger partial charge in [-0.1, -0.05) is 108 Å². The van der Waals surface area contributed by atoms with E-state index in [1.54, 1.807) is 54.6 Å². The van der Waals surface area contributed by atoms with Gasteiger partial charge < -0.3 is 10.2 Å². The number of carbonyl (C=O) groups excluding carboxylic acids is 2. The number of benzene rings is 4. The second-order valence-electron chi connectivity index (χ2n) is 11.2.